The Labute approximate surface area is 119 Å². The van der Waals surface area contributed by atoms with Crippen LogP contribution in [0.3, 0.4) is 0 Å². The van der Waals surface area contributed by atoms with E-state index < -0.39 is 0 Å². The Balaban J connectivity index is 2.16. The first-order valence-corrected chi connectivity index (χ1v) is 6.82. The highest BCUT2D eigenvalue weighted by Gasteiger charge is 2.09. The van der Waals surface area contributed by atoms with Gasteiger partial charge >= 0.3 is 0 Å². The van der Waals surface area contributed by atoms with E-state index in [0.717, 1.165) is 22.7 Å². The number of hydrogen-bond acceptors (Lipinski definition) is 2. The summed E-state index contributed by atoms with van der Waals surface area (Å²) >= 11 is 5.91. The zero-order chi connectivity index (χ0) is 13.7. The molecule has 0 saturated carbocycles. The fraction of sp³-hybridized carbons (Fsp3) is 0.250. The third kappa shape index (κ3) is 3.72. The van der Waals surface area contributed by atoms with E-state index >= 15 is 0 Å². The maximum atomic E-state index is 9.16. The molecule has 0 aliphatic carbocycles. The minimum atomic E-state index is 0.0628. The Morgan fingerprint density at radius 3 is 2.53 bits per heavy atom. The molecule has 0 spiro atoms. The summed E-state index contributed by atoms with van der Waals surface area (Å²) in [6.45, 7) is 2.20. The van der Waals surface area contributed by atoms with Gasteiger partial charge in [0.25, 0.3) is 0 Å². The summed E-state index contributed by atoms with van der Waals surface area (Å²) in [7, 11) is 0. The monoisotopic (exact) mass is 275 g/mol. The third-order valence-corrected chi connectivity index (χ3v) is 3.38. The van der Waals surface area contributed by atoms with E-state index in [2.05, 4.69) is 12.2 Å². The molecule has 1 unspecified atom stereocenters. The van der Waals surface area contributed by atoms with Crippen LogP contribution in [0.1, 0.15) is 30.5 Å². The van der Waals surface area contributed by atoms with Crippen LogP contribution in [0.5, 0.6) is 0 Å². The van der Waals surface area contributed by atoms with E-state index in [1.807, 2.05) is 48.5 Å². The van der Waals surface area contributed by atoms with Crippen molar-refractivity contribution in [3.63, 3.8) is 0 Å². The van der Waals surface area contributed by atoms with Gasteiger partial charge in [0.2, 0.25) is 0 Å². The Kier molecular flexibility index (Phi) is 4.83. The summed E-state index contributed by atoms with van der Waals surface area (Å²) in [5.41, 5.74) is 3.14. The van der Waals surface area contributed by atoms with E-state index in [1.165, 1.54) is 5.56 Å². The van der Waals surface area contributed by atoms with Gasteiger partial charge < -0.3 is 10.4 Å². The van der Waals surface area contributed by atoms with Gasteiger partial charge in [-0.15, -0.1) is 0 Å². The number of aliphatic hydroxyl groups is 1. The van der Waals surface area contributed by atoms with Crippen molar-refractivity contribution in [3.05, 3.63) is 64.7 Å². The molecule has 0 bridgehead atoms. The quantitative estimate of drug-likeness (QED) is 0.848. The molecule has 0 aliphatic heterocycles. The predicted octanol–water partition coefficient (Wildman–Crippen LogP) is 4.40. The fourth-order valence-corrected chi connectivity index (χ4v) is 2.20. The number of nitrogens with one attached hydrogen (secondary N) is 1. The summed E-state index contributed by atoms with van der Waals surface area (Å²) in [5.74, 6) is 0. The van der Waals surface area contributed by atoms with Crippen molar-refractivity contribution in [1.29, 1.82) is 0 Å². The van der Waals surface area contributed by atoms with Crippen molar-refractivity contribution < 1.29 is 5.11 Å². The van der Waals surface area contributed by atoms with Gasteiger partial charge in [0.05, 0.1) is 12.6 Å². The second-order valence-corrected chi connectivity index (χ2v) is 4.95. The van der Waals surface area contributed by atoms with Crippen LogP contribution < -0.4 is 5.32 Å². The Morgan fingerprint density at radius 1 is 1.16 bits per heavy atom. The minimum Gasteiger partial charge on any atom is -0.392 e. The molecule has 2 aromatic carbocycles. The van der Waals surface area contributed by atoms with E-state index in [4.69, 9.17) is 16.7 Å². The van der Waals surface area contributed by atoms with Crippen LogP contribution in [0, 0.1) is 0 Å². The second kappa shape index (κ2) is 6.60. The summed E-state index contributed by atoms with van der Waals surface area (Å²) in [4.78, 5) is 0. The number of aliphatic hydroxyl groups excluding tert-OH is 1. The lowest BCUT2D eigenvalue weighted by atomic mass is 10.0. The van der Waals surface area contributed by atoms with E-state index in [1.54, 1.807) is 0 Å². The molecule has 0 amide bonds. The highest BCUT2D eigenvalue weighted by molar-refractivity contribution is 6.30. The molecule has 0 radical (unpaired) electrons. The number of halogens is 1. The smallest absolute Gasteiger partial charge is 0.0682 e. The molecule has 0 saturated heterocycles. The Bertz CT molecular complexity index is 525. The van der Waals surface area contributed by atoms with Gasteiger partial charge in [0.1, 0.15) is 0 Å². The number of rotatable bonds is 5. The highest BCUT2D eigenvalue weighted by Crippen LogP contribution is 2.24. The number of benzene rings is 2. The molecule has 0 aliphatic rings. The van der Waals surface area contributed by atoms with Crippen molar-refractivity contribution in [1.82, 2.24) is 0 Å². The molecule has 2 N–H and O–H groups in total. The van der Waals surface area contributed by atoms with Crippen molar-refractivity contribution >= 4 is 17.3 Å². The Morgan fingerprint density at radius 2 is 1.89 bits per heavy atom. The van der Waals surface area contributed by atoms with Crippen LogP contribution in [0.15, 0.2) is 48.5 Å². The molecule has 0 heterocycles. The molecule has 2 nitrogen and oxygen atoms in total. The van der Waals surface area contributed by atoms with Crippen molar-refractivity contribution in [2.45, 2.75) is 26.0 Å². The van der Waals surface area contributed by atoms with Crippen LogP contribution in [0.25, 0.3) is 0 Å². The van der Waals surface area contributed by atoms with Crippen molar-refractivity contribution in [2.75, 3.05) is 5.32 Å². The maximum absolute atomic E-state index is 9.16. The van der Waals surface area contributed by atoms with E-state index in [0.29, 0.717) is 0 Å². The standard InChI is InChI=1S/C16H18ClNO/c1-2-16(13-6-8-14(17)9-7-13)18-15-5-3-4-12(10-15)11-19/h3-10,16,18-19H,2,11H2,1H3. The first-order valence-electron chi connectivity index (χ1n) is 6.44. The van der Waals surface area contributed by atoms with Gasteiger partial charge in [0, 0.05) is 10.7 Å². The fourth-order valence-electron chi connectivity index (χ4n) is 2.08. The lowest BCUT2D eigenvalue weighted by Crippen LogP contribution is -2.09. The lowest BCUT2D eigenvalue weighted by molar-refractivity contribution is 0.282. The van der Waals surface area contributed by atoms with E-state index in [9.17, 15) is 0 Å². The van der Waals surface area contributed by atoms with Crippen LogP contribution in [-0.4, -0.2) is 5.11 Å². The largest absolute Gasteiger partial charge is 0.392 e. The molecular weight excluding hydrogens is 258 g/mol. The molecule has 0 aromatic heterocycles. The number of anilines is 1. The molecule has 2 rings (SSSR count). The van der Waals surface area contributed by atoms with E-state index in [-0.39, 0.29) is 12.6 Å². The molecule has 3 heteroatoms. The van der Waals surface area contributed by atoms with Crippen molar-refractivity contribution in [2.24, 2.45) is 0 Å². The lowest BCUT2D eigenvalue weighted by Gasteiger charge is -2.19. The van der Waals surface area contributed by atoms with Crippen LogP contribution in [0.2, 0.25) is 5.02 Å². The first-order chi connectivity index (χ1) is 9.22. The minimum absolute atomic E-state index is 0.0628. The third-order valence-electron chi connectivity index (χ3n) is 3.13. The molecule has 0 fully saturated rings. The highest BCUT2D eigenvalue weighted by atomic mass is 35.5. The topological polar surface area (TPSA) is 32.3 Å². The van der Waals surface area contributed by atoms with Gasteiger partial charge in [-0.3, -0.25) is 0 Å². The molecular formula is C16H18ClNO. The normalized spacial score (nSPS) is 12.2. The molecule has 1 atom stereocenters. The first kappa shape index (κ1) is 13.9. The summed E-state index contributed by atoms with van der Waals surface area (Å²) in [6.07, 6.45) is 0.977. The van der Waals surface area contributed by atoms with Gasteiger partial charge in [-0.25, -0.2) is 0 Å². The zero-order valence-corrected chi connectivity index (χ0v) is 11.7. The molecule has 2 aromatic rings. The second-order valence-electron chi connectivity index (χ2n) is 4.52. The SMILES string of the molecule is CCC(Nc1cccc(CO)c1)c1ccc(Cl)cc1. The van der Waals surface area contributed by atoms with Gasteiger partial charge in [-0.1, -0.05) is 42.8 Å². The summed E-state index contributed by atoms with van der Waals surface area (Å²) in [5, 5.41) is 13.4. The summed E-state index contributed by atoms with van der Waals surface area (Å²) in [6, 6.07) is 16.0. The average molecular weight is 276 g/mol. The van der Waals surface area contributed by atoms with Crippen LogP contribution >= 0.6 is 11.6 Å². The van der Waals surface area contributed by atoms with Crippen molar-refractivity contribution in [3.8, 4) is 0 Å². The van der Waals surface area contributed by atoms with Crippen LogP contribution in [0.4, 0.5) is 5.69 Å². The van der Waals surface area contributed by atoms with Gasteiger partial charge in [-0.05, 0) is 41.8 Å². The molecule has 100 valence electrons. The summed E-state index contributed by atoms with van der Waals surface area (Å²) < 4.78 is 0. The predicted molar refractivity (Wildman–Crippen MR) is 80.5 cm³/mol. The van der Waals surface area contributed by atoms with Gasteiger partial charge in [-0.2, -0.15) is 0 Å². The molecule has 19 heavy (non-hydrogen) atoms. The average Bonchev–Trinajstić information content (AvgIpc) is 2.46. The zero-order valence-electron chi connectivity index (χ0n) is 10.9. The van der Waals surface area contributed by atoms with Crippen LogP contribution in [-0.2, 0) is 6.61 Å². The van der Waals surface area contributed by atoms with Gasteiger partial charge in [0.15, 0.2) is 0 Å². The number of hydrogen-bond donors (Lipinski definition) is 2. The maximum Gasteiger partial charge on any atom is 0.0682 e. The Hall–Kier alpha value is -1.51.